The summed E-state index contributed by atoms with van der Waals surface area (Å²) in [5, 5.41) is 0. The third-order valence-corrected chi connectivity index (χ3v) is 0. The van der Waals surface area contributed by atoms with Crippen molar-refractivity contribution in [3.63, 3.8) is 0 Å². The molecule has 0 aliphatic rings. The number of rotatable bonds is 0. The van der Waals surface area contributed by atoms with Crippen LogP contribution in [0.5, 0.6) is 0 Å². The summed E-state index contributed by atoms with van der Waals surface area (Å²) < 4.78 is 26.4. The number of hydrogen-bond acceptors (Lipinski definition) is 5. The zero-order valence-electron chi connectivity index (χ0n) is 6.89. The van der Waals surface area contributed by atoms with Crippen molar-refractivity contribution in [3.05, 3.63) is 0 Å². The Labute approximate surface area is 98.8 Å². The van der Waals surface area contributed by atoms with Gasteiger partial charge in [0.05, 0.1) is 7.82 Å². The smallest absolute Gasteiger partial charge is 0.790 e. The average Bonchev–Trinajstić information content (AvgIpc) is 1.41. The Morgan fingerprint density at radius 1 is 0.625 bits per heavy atom. The van der Waals surface area contributed by atoms with E-state index in [-0.39, 0.29) is 17.1 Å². The van der Waals surface area contributed by atoms with Crippen molar-refractivity contribution in [2.75, 3.05) is 0 Å². The van der Waals surface area contributed by atoms with Crippen LogP contribution in [-0.2, 0) is 30.8 Å². The minimum atomic E-state index is -5.14. The molecule has 7 N–H and O–H groups in total. The van der Waals surface area contributed by atoms with Crippen LogP contribution in [0.15, 0.2) is 0 Å². The minimum Gasteiger partial charge on any atom is -0.790 e. The van der Waals surface area contributed by atoms with E-state index in [1.54, 1.807) is 0 Å². The number of phosphoric acid groups is 3. The molecule has 0 aromatic rings. The zero-order chi connectivity index (χ0) is 13.5. The summed E-state index contributed by atoms with van der Waals surface area (Å²) in [6, 6.07) is 0. The predicted molar refractivity (Wildman–Crippen MR) is 38.4 cm³/mol. The van der Waals surface area contributed by atoms with E-state index in [4.69, 9.17) is 57.7 Å². The zero-order valence-corrected chi connectivity index (χ0v) is 10.8. The van der Waals surface area contributed by atoms with E-state index in [9.17, 15) is 0 Å². The minimum absolute atomic E-state index is 0. The van der Waals surface area contributed by atoms with E-state index in [2.05, 4.69) is 0 Å². The molecule has 0 aromatic carbocycles. The van der Waals surface area contributed by atoms with Crippen molar-refractivity contribution in [1.82, 2.24) is 0 Å². The van der Waals surface area contributed by atoms with Crippen molar-refractivity contribution >= 4 is 23.5 Å². The van der Waals surface area contributed by atoms with Crippen molar-refractivity contribution in [2.24, 2.45) is 0 Å². The van der Waals surface area contributed by atoms with Crippen LogP contribution in [0.4, 0.5) is 0 Å². The molecule has 0 amide bonds. The Hall–Kier alpha value is 0.849. The normalized spacial score (nSPS) is 11.1. The van der Waals surface area contributed by atoms with Crippen LogP contribution in [0.3, 0.4) is 0 Å². The Kier molecular flexibility index (Phi) is 15.8. The summed E-state index contributed by atoms with van der Waals surface area (Å²) in [5.74, 6) is 0. The Bertz CT molecular complexity index is 202. The van der Waals surface area contributed by atoms with Gasteiger partial charge in [-0.3, -0.25) is 0 Å². The molecule has 0 bridgehead atoms. The quantitative estimate of drug-likeness (QED) is 0.164. The van der Waals surface area contributed by atoms with Crippen LogP contribution in [0.25, 0.3) is 0 Å². The van der Waals surface area contributed by atoms with Crippen LogP contribution in [0, 0.1) is 0 Å². The van der Waals surface area contributed by atoms with E-state index in [1.165, 1.54) is 0 Å². The van der Waals surface area contributed by atoms with Crippen molar-refractivity contribution in [2.45, 2.75) is 0 Å². The van der Waals surface area contributed by atoms with Crippen LogP contribution in [-0.4, -0.2) is 34.3 Å². The fourth-order valence-electron chi connectivity index (χ4n) is 0. The van der Waals surface area contributed by atoms with E-state index in [0.29, 0.717) is 0 Å². The first-order valence-electron chi connectivity index (χ1n) is 2.31. The second-order valence-corrected chi connectivity index (χ2v) is 4.49. The molecule has 0 heterocycles. The molecule has 0 atom stereocenters. The summed E-state index contributed by atoms with van der Waals surface area (Å²) in [7, 11) is -14.4. The molecule has 0 fully saturated rings. The molecule has 16 heavy (non-hydrogen) atoms. The SMILES string of the molecule is O=P(O)(O)O.O=P(O)(O)O.O=P([O-])([O-])O.[Mn+2]. The van der Waals surface area contributed by atoms with E-state index < -0.39 is 23.5 Å². The summed E-state index contributed by atoms with van der Waals surface area (Å²) in [6.45, 7) is 0. The summed E-state index contributed by atoms with van der Waals surface area (Å²) in [4.78, 5) is 67.4. The van der Waals surface area contributed by atoms with Gasteiger partial charge in [-0.15, -0.1) is 0 Å². The van der Waals surface area contributed by atoms with Gasteiger partial charge in [0.25, 0.3) is 0 Å². The van der Waals surface area contributed by atoms with Gasteiger partial charge in [-0.25, -0.2) is 9.13 Å². The second kappa shape index (κ2) is 9.84. The van der Waals surface area contributed by atoms with Gasteiger partial charge < -0.3 is 48.6 Å². The fraction of sp³-hybridized carbons (Fsp3) is 0. The Morgan fingerprint density at radius 2 is 0.625 bits per heavy atom. The van der Waals surface area contributed by atoms with Gasteiger partial charge in [-0.2, -0.15) is 0 Å². The third kappa shape index (κ3) is 3950. The van der Waals surface area contributed by atoms with Gasteiger partial charge in [-0.05, 0) is 0 Å². The van der Waals surface area contributed by atoms with E-state index in [1.807, 2.05) is 0 Å². The molecule has 101 valence electrons. The average molecular weight is 347 g/mol. The summed E-state index contributed by atoms with van der Waals surface area (Å²) >= 11 is 0. The summed E-state index contributed by atoms with van der Waals surface area (Å²) in [5.41, 5.74) is 0. The molecule has 0 spiro atoms. The molecule has 0 aliphatic heterocycles. The van der Waals surface area contributed by atoms with Crippen molar-refractivity contribution < 1.29 is 74.8 Å². The molecule has 0 saturated heterocycles. The predicted octanol–water partition coefficient (Wildman–Crippen LogP) is -4.05. The fourth-order valence-corrected chi connectivity index (χ4v) is 0. The molecule has 1 radical (unpaired) electrons. The molecule has 0 unspecified atom stereocenters. The maximum atomic E-state index is 8.88. The molecule has 0 aromatic heterocycles. The Morgan fingerprint density at radius 3 is 0.625 bits per heavy atom. The second-order valence-electron chi connectivity index (χ2n) is 1.50. The van der Waals surface area contributed by atoms with Gasteiger partial charge in [-0.1, -0.05) is 0 Å². The molecule has 12 nitrogen and oxygen atoms in total. The monoisotopic (exact) mass is 347 g/mol. The molecule has 0 rings (SSSR count). The Balaban J connectivity index is -0.0000000655. The molecular formula is H7MnO12P3. The van der Waals surface area contributed by atoms with Crippen LogP contribution < -0.4 is 9.79 Å². The third-order valence-electron chi connectivity index (χ3n) is 0. The van der Waals surface area contributed by atoms with Crippen LogP contribution >= 0.6 is 23.5 Å². The van der Waals surface area contributed by atoms with Crippen LogP contribution in [0.1, 0.15) is 0 Å². The van der Waals surface area contributed by atoms with Gasteiger partial charge in [0.15, 0.2) is 0 Å². The molecule has 0 saturated carbocycles. The topological polar surface area (TPSA) is 239 Å². The van der Waals surface area contributed by atoms with Gasteiger partial charge in [0.1, 0.15) is 0 Å². The van der Waals surface area contributed by atoms with Gasteiger partial charge in [0, 0.05) is 0 Å². The van der Waals surface area contributed by atoms with E-state index >= 15 is 0 Å². The van der Waals surface area contributed by atoms with Crippen LogP contribution in [0.2, 0.25) is 0 Å². The molecule has 16 heteroatoms. The number of hydrogen-bond donors (Lipinski definition) is 7. The first-order chi connectivity index (χ1) is 6.00. The van der Waals surface area contributed by atoms with Gasteiger partial charge >= 0.3 is 32.7 Å². The first-order valence-corrected chi connectivity index (χ1v) is 6.94. The molecular weight excluding hydrogens is 340 g/mol. The van der Waals surface area contributed by atoms with Crippen molar-refractivity contribution in [3.8, 4) is 0 Å². The summed E-state index contributed by atoms with van der Waals surface area (Å²) in [6.07, 6.45) is 0. The first kappa shape index (κ1) is 25.6. The maximum Gasteiger partial charge on any atom is 2.00 e. The standard InChI is InChI=1S/Mn.3H3O4P/c;3*1-5(2,3)4/h;3*(H3,1,2,3,4)/q+2;;;/p-2. The maximum absolute atomic E-state index is 8.88. The largest absolute Gasteiger partial charge is 2.00 e. The van der Waals surface area contributed by atoms with E-state index in [0.717, 1.165) is 0 Å². The van der Waals surface area contributed by atoms with Crippen molar-refractivity contribution in [1.29, 1.82) is 0 Å². The van der Waals surface area contributed by atoms with Gasteiger partial charge in [0.2, 0.25) is 0 Å². The molecule has 0 aliphatic carbocycles.